The van der Waals surface area contributed by atoms with Crippen molar-refractivity contribution in [2.75, 3.05) is 6.54 Å². The third kappa shape index (κ3) is 2.67. The third-order valence-corrected chi connectivity index (χ3v) is 4.82. The van der Waals surface area contributed by atoms with E-state index in [1.165, 1.54) is 21.5 Å². The third-order valence-electron chi connectivity index (χ3n) is 3.12. The second kappa shape index (κ2) is 5.17. The molecule has 0 amide bonds. The molecule has 2 unspecified atom stereocenters. The minimum absolute atomic E-state index is 0.186. The SMILES string of the molecule is CCN(C1CC1)C(c1ccc(Br)s1)C(C)N. The van der Waals surface area contributed by atoms with E-state index in [0.717, 1.165) is 12.6 Å². The zero-order chi connectivity index (χ0) is 11.7. The summed E-state index contributed by atoms with van der Waals surface area (Å²) in [6.45, 7) is 5.44. The summed E-state index contributed by atoms with van der Waals surface area (Å²) in [5.41, 5.74) is 6.17. The van der Waals surface area contributed by atoms with E-state index in [1.807, 2.05) is 11.3 Å². The van der Waals surface area contributed by atoms with Crippen molar-refractivity contribution in [3.05, 3.63) is 20.8 Å². The molecule has 1 aromatic rings. The molecule has 2 nitrogen and oxygen atoms in total. The molecule has 0 saturated heterocycles. The normalized spacial score (nSPS) is 20.1. The summed E-state index contributed by atoms with van der Waals surface area (Å²) in [6, 6.07) is 5.66. The van der Waals surface area contributed by atoms with Crippen molar-refractivity contribution in [3.63, 3.8) is 0 Å². The van der Waals surface area contributed by atoms with Crippen LogP contribution in [0.3, 0.4) is 0 Å². The molecule has 2 rings (SSSR count). The number of likely N-dealkylation sites (N-methyl/N-ethyl adjacent to an activating group) is 1. The molecule has 1 aliphatic carbocycles. The van der Waals surface area contributed by atoms with E-state index >= 15 is 0 Å². The molecule has 2 atom stereocenters. The van der Waals surface area contributed by atoms with Gasteiger partial charge in [0, 0.05) is 17.0 Å². The maximum atomic E-state index is 6.17. The van der Waals surface area contributed by atoms with Crippen LogP contribution in [-0.4, -0.2) is 23.5 Å². The average molecular weight is 303 g/mol. The molecular weight excluding hydrogens is 284 g/mol. The lowest BCUT2D eigenvalue weighted by Gasteiger charge is -2.32. The van der Waals surface area contributed by atoms with Gasteiger partial charge in [0.05, 0.1) is 9.83 Å². The summed E-state index contributed by atoms with van der Waals surface area (Å²) >= 11 is 5.34. The summed E-state index contributed by atoms with van der Waals surface area (Å²) < 4.78 is 1.19. The van der Waals surface area contributed by atoms with Gasteiger partial charge in [-0.3, -0.25) is 4.90 Å². The van der Waals surface area contributed by atoms with Crippen molar-refractivity contribution in [1.82, 2.24) is 4.90 Å². The van der Waals surface area contributed by atoms with E-state index in [9.17, 15) is 0 Å². The Kier molecular flexibility index (Phi) is 4.06. The van der Waals surface area contributed by atoms with Gasteiger partial charge in [0.2, 0.25) is 0 Å². The highest BCUT2D eigenvalue weighted by atomic mass is 79.9. The highest BCUT2D eigenvalue weighted by Crippen LogP contribution is 2.38. The minimum atomic E-state index is 0.186. The van der Waals surface area contributed by atoms with Gasteiger partial charge in [0.1, 0.15) is 0 Å². The summed E-state index contributed by atoms with van der Waals surface area (Å²) in [6.07, 6.45) is 2.67. The van der Waals surface area contributed by atoms with Gasteiger partial charge in [-0.1, -0.05) is 6.92 Å². The Balaban J connectivity index is 2.21. The molecule has 4 heteroatoms. The van der Waals surface area contributed by atoms with Crippen LogP contribution in [0, 0.1) is 0 Å². The first-order chi connectivity index (χ1) is 7.63. The highest BCUT2D eigenvalue weighted by molar-refractivity contribution is 9.11. The number of hydrogen-bond donors (Lipinski definition) is 1. The first-order valence-electron chi connectivity index (χ1n) is 5.90. The zero-order valence-corrected chi connectivity index (χ0v) is 12.2. The number of nitrogens with zero attached hydrogens (tertiary/aromatic N) is 1. The van der Waals surface area contributed by atoms with Gasteiger partial charge in [-0.25, -0.2) is 0 Å². The second-order valence-electron chi connectivity index (χ2n) is 4.51. The van der Waals surface area contributed by atoms with E-state index in [2.05, 4.69) is 46.8 Å². The lowest BCUT2D eigenvalue weighted by atomic mass is 10.1. The first-order valence-corrected chi connectivity index (χ1v) is 7.51. The predicted molar refractivity (Wildman–Crippen MR) is 73.8 cm³/mol. The van der Waals surface area contributed by atoms with Crippen LogP contribution in [0.4, 0.5) is 0 Å². The maximum absolute atomic E-state index is 6.17. The van der Waals surface area contributed by atoms with Crippen molar-refractivity contribution >= 4 is 27.3 Å². The molecule has 1 aromatic heterocycles. The number of thiophene rings is 1. The number of nitrogens with two attached hydrogens (primary N) is 1. The number of rotatable bonds is 5. The number of halogens is 1. The Bertz CT molecular complexity index is 347. The fraction of sp³-hybridized carbons (Fsp3) is 0.667. The second-order valence-corrected chi connectivity index (χ2v) is 7.00. The van der Waals surface area contributed by atoms with Crippen LogP contribution in [0.2, 0.25) is 0 Å². The lowest BCUT2D eigenvalue weighted by Crippen LogP contribution is -2.40. The Morgan fingerprint density at radius 3 is 2.62 bits per heavy atom. The van der Waals surface area contributed by atoms with E-state index in [1.54, 1.807) is 0 Å². The molecule has 0 spiro atoms. The quantitative estimate of drug-likeness (QED) is 0.903. The predicted octanol–water partition coefficient (Wildman–Crippen LogP) is 3.38. The molecule has 1 fully saturated rings. The lowest BCUT2D eigenvalue weighted by molar-refractivity contribution is 0.179. The molecule has 0 bridgehead atoms. The topological polar surface area (TPSA) is 29.3 Å². The van der Waals surface area contributed by atoms with Crippen LogP contribution in [0.25, 0.3) is 0 Å². The molecule has 1 heterocycles. The zero-order valence-electron chi connectivity index (χ0n) is 9.82. The van der Waals surface area contributed by atoms with Crippen molar-refractivity contribution in [3.8, 4) is 0 Å². The summed E-state index contributed by atoms with van der Waals surface area (Å²) in [5, 5.41) is 0. The summed E-state index contributed by atoms with van der Waals surface area (Å²) in [4.78, 5) is 3.94. The van der Waals surface area contributed by atoms with Crippen LogP contribution in [0.15, 0.2) is 15.9 Å². The van der Waals surface area contributed by atoms with Crippen LogP contribution in [0.5, 0.6) is 0 Å². The molecule has 0 aliphatic heterocycles. The van der Waals surface area contributed by atoms with E-state index < -0.39 is 0 Å². The van der Waals surface area contributed by atoms with Gasteiger partial charge in [0.15, 0.2) is 0 Å². The van der Waals surface area contributed by atoms with Crippen molar-refractivity contribution in [1.29, 1.82) is 0 Å². The summed E-state index contributed by atoms with van der Waals surface area (Å²) in [5.74, 6) is 0. The van der Waals surface area contributed by atoms with E-state index in [4.69, 9.17) is 5.73 Å². The van der Waals surface area contributed by atoms with Gasteiger partial charge < -0.3 is 5.73 Å². The van der Waals surface area contributed by atoms with Crippen LogP contribution in [-0.2, 0) is 0 Å². The Hall–Kier alpha value is 0.1000. The molecule has 0 aromatic carbocycles. The first kappa shape index (κ1) is 12.6. The average Bonchev–Trinajstić information content (AvgIpc) is 2.98. The van der Waals surface area contributed by atoms with Gasteiger partial charge in [-0.2, -0.15) is 0 Å². The van der Waals surface area contributed by atoms with E-state index in [-0.39, 0.29) is 6.04 Å². The van der Waals surface area contributed by atoms with Gasteiger partial charge >= 0.3 is 0 Å². The van der Waals surface area contributed by atoms with Crippen molar-refractivity contribution in [2.45, 2.75) is 44.8 Å². The standard InChI is InChI=1S/C12H19BrN2S/c1-3-15(9-4-5-9)12(8(2)14)10-6-7-11(13)16-10/h6-9,12H,3-5,14H2,1-2H3. The van der Waals surface area contributed by atoms with Crippen LogP contribution >= 0.6 is 27.3 Å². The summed E-state index contributed by atoms with van der Waals surface area (Å²) in [7, 11) is 0. The highest BCUT2D eigenvalue weighted by Gasteiger charge is 2.35. The smallest absolute Gasteiger partial charge is 0.0702 e. The molecule has 2 N–H and O–H groups in total. The van der Waals surface area contributed by atoms with Gasteiger partial charge in [0.25, 0.3) is 0 Å². The minimum Gasteiger partial charge on any atom is -0.326 e. The Labute approximate surface area is 110 Å². The molecule has 1 saturated carbocycles. The largest absolute Gasteiger partial charge is 0.326 e. The fourth-order valence-electron chi connectivity index (χ4n) is 2.30. The van der Waals surface area contributed by atoms with E-state index in [0.29, 0.717) is 6.04 Å². The Morgan fingerprint density at radius 2 is 2.25 bits per heavy atom. The monoisotopic (exact) mass is 302 g/mol. The van der Waals surface area contributed by atoms with Gasteiger partial charge in [-0.05, 0) is 54.4 Å². The van der Waals surface area contributed by atoms with Crippen LogP contribution < -0.4 is 5.73 Å². The maximum Gasteiger partial charge on any atom is 0.0702 e. The van der Waals surface area contributed by atoms with Crippen LogP contribution in [0.1, 0.15) is 37.6 Å². The molecular formula is C12H19BrN2S. The fourth-order valence-corrected chi connectivity index (χ4v) is 3.96. The van der Waals surface area contributed by atoms with Gasteiger partial charge in [-0.15, -0.1) is 11.3 Å². The molecule has 16 heavy (non-hydrogen) atoms. The number of hydrogen-bond acceptors (Lipinski definition) is 3. The molecule has 1 aliphatic rings. The van der Waals surface area contributed by atoms with Crippen molar-refractivity contribution in [2.24, 2.45) is 5.73 Å². The van der Waals surface area contributed by atoms with Crippen molar-refractivity contribution < 1.29 is 0 Å². The molecule has 0 radical (unpaired) electrons. The Morgan fingerprint density at radius 1 is 1.56 bits per heavy atom. The molecule has 90 valence electrons.